The van der Waals surface area contributed by atoms with Crippen LogP contribution in [-0.4, -0.2) is 42.8 Å². The fourth-order valence-corrected chi connectivity index (χ4v) is 4.60. The van der Waals surface area contributed by atoms with E-state index < -0.39 is 10.1 Å². The van der Waals surface area contributed by atoms with Crippen molar-refractivity contribution in [2.75, 3.05) is 12.9 Å². The molecule has 0 saturated heterocycles. The molecule has 10 heteroatoms. The third-order valence-electron chi connectivity index (χ3n) is 5.57. The van der Waals surface area contributed by atoms with Gasteiger partial charge in [0, 0.05) is 22.5 Å². The molecule has 1 heterocycles. The van der Waals surface area contributed by atoms with E-state index in [4.69, 9.17) is 20.8 Å². The molecular formula is C25H26ClN3O5S. The maximum atomic E-state index is 13.6. The molecule has 184 valence electrons. The van der Waals surface area contributed by atoms with Gasteiger partial charge in [-0.05, 0) is 55.7 Å². The molecule has 1 aliphatic carbocycles. The summed E-state index contributed by atoms with van der Waals surface area (Å²) < 4.78 is 28.6. The maximum Gasteiger partial charge on any atom is 0.264 e. The number of aromatic nitrogens is 2. The van der Waals surface area contributed by atoms with Gasteiger partial charge < -0.3 is 5.32 Å². The summed E-state index contributed by atoms with van der Waals surface area (Å²) in [6.07, 6.45) is 3.60. The van der Waals surface area contributed by atoms with Gasteiger partial charge in [0.25, 0.3) is 15.7 Å². The molecule has 1 amide bonds. The molecule has 0 radical (unpaired) electrons. The zero-order chi connectivity index (χ0) is 25.3. The molecule has 8 nitrogen and oxygen atoms in total. The van der Waals surface area contributed by atoms with E-state index in [9.17, 15) is 18.0 Å². The lowest BCUT2D eigenvalue weighted by Crippen LogP contribution is -2.37. The second kappa shape index (κ2) is 9.93. The second-order valence-electron chi connectivity index (χ2n) is 8.94. The highest BCUT2D eigenvalue weighted by atomic mass is 35.5. The van der Waals surface area contributed by atoms with Crippen LogP contribution in [0.15, 0.2) is 53.3 Å². The van der Waals surface area contributed by atoms with E-state index in [-0.39, 0.29) is 36.6 Å². The highest BCUT2D eigenvalue weighted by Gasteiger charge is 2.23. The SMILES string of the molecule is CC(C)NC(=O)Cn1c(-c2cccc(Cl)c2)nc2ccc(C3=CC(COS(C)(=O)=O)C3)cc2c1=O. The molecular weight excluding hydrogens is 490 g/mol. The summed E-state index contributed by atoms with van der Waals surface area (Å²) in [5, 5.41) is 3.70. The van der Waals surface area contributed by atoms with Gasteiger partial charge in [0.2, 0.25) is 5.91 Å². The predicted octanol–water partition coefficient (Wildman–Crippen LogP) is 3.62. The van der Waals surface area contributed by atoms with Gasteiger partial charge in [-0.2, -0.15) is 8.42 Å². The zero-order valence-corrected chi connectivity index (χ0v) is 21.2. The van der Waals surface area contributed by atoms with E-state index in [2.05, 4.69) is 5.32 Å². The Hall–Kier alpha value is -3.01. The number of amides is 1. The van der Waals surface area contributed by atoms with E-state index in [1.165, 1.54) is 4.57 Å². The van der Waals surface area contributed by atoms with Crippen LogP contribution in [0.5, 0.6) is 0 Å². The van der Waals surface area contributed by atoms with Gasteiger partial charge in [0.05, 0.1) is 23.8 Å². The highest BCUT2D eigenvalue weighted by Crippen LogP contribution is 2.35. The quantitative estimate of drug-likeness (QED) is 0.459. The van der Waals surface area contributed by atoms with E-state index in [0.29, 0.717) is 33.7 Å². The zero-order valence-electron chi connectivity index (χ0n) is 19.6. The predicted molar refractivity (Wildman–Crippen MR) is 137 cm³/mol. The summed E-state index contributed by atoms with van der Waals surface area (Å²) in [6.45, 7) is 3.62. The standard InChI is InChI=1S/C25H26ClN3O5S/c1-15(2)27-23(30)13-29-24(18-5-4-6-20(26)11-18)28-22-8-7-17(12-21(22)25(29)31)19-9-16(10-19)14-34-35(3,32)33/h4-9,11-12,15-16H,10,13-14H2,1-3H3,(H,27,30). The number of halogens is 1. The summed E-state index contributed by atoms with van der Waals surface area (Å²) in [7, 11) is -3.49. The lowest BCUT2D eigenvalue weighted by Gasteiger charge is -2.25. The summed E-state index contributed by atoms with van der Waals surface area (Å²) in [6, 6.07) is 12.4. The minimum Gasteiger partial charge on any atom is -0.352 e. The monoisotopic (exact) mass is 515 g/mol. The molecule has 1 unspecified atom stereocenters. The fraction of sp³-hybridized carbons (Fsp3) is 0.320. The number of hydrogen-bond acceptors (Lipinski definition) is 6. The molecule has 1 aliphatic rings. The number of nitrogens with one attached hydrogen (secondary N) is 1. The number of rotatable bonds is 8. The van der Waals surface area contributed by atoms with Crippen LogP contribution in [0, 0.1) is 5.92 Å². The molecule has 35 heavy (non-hydrogen) atoms. The van der Waals surface area contributed by atoms with Crippen LogP contribution in [0.25, 0.3) is 27.9 Å². The maximum absolute atomic E-state index is 13.6. The van der Waals surface area contributed by atoms with Crippen LogP contribution in [0.3, 0.4) is 0 Å². The van der Waals surface area contributed by atoms with E-state index >= 15 is 0 Å². The fourth-order valence-electron chi connectivity index (χ4n) is 3.99. The van der Waals surface area contributed by atoms with Crippen molar-refractivity contribution in [1.82, 2.24) is 14.9 Å². The first kappa shape index (κ1) is 25.1. The Morgan fingerprint density at radius 1 is 1.23 bits per heavy atom. The molecule has 3 aromatic rings. The third kappa shape index (κ3) is 5.98. The topological polar surface area (TPSA) is 107 Å². The Morgan fingerprint density at radius 3 is 2.63 bits per heavy atom. The van der Waals surface area contributed by atoms with Gasteiger partial charge in [-0.3, -0.25) is 18.3 Å². The van der Waals surface area contributed by atoms with Gasteiger partial charge in [0.1, 0.15) is 12.4 Å². The van der Waals surface area contributed by atoms with Crippen molar-refractivity contribution in [2.24, 2.45) is 5.92 Å². The first-order valence-corrected chi connectivity index (χ1v) is 13.3. The van der Waals surface area contributed by atoms with Crippen LogP contribution in [0.2, 0.25) is 5.02 Å². The first-order chi connectivity index (χ1) is 16.5. The highest BCUT2D eigenvalue weighted by molar-refractivity contribution is 7.85. The summed E-state index contributed by atoms with van der Waals surface area (Å²) >= 11 is 6.17. The van der Waals surface area contributed by atoms with Crippen molar-refractivity contribution in [3.05, 3.63) is 69.5 Å². The first-order valence-electron chi connectivity index (χ1n) is 11.2. The summed E-state index contributed by atoms with van der Waals surface area (Å²) in [5.41, 5.74) is 2.65. The van der Waals surface area contributed by atoms with Crippen molar-refractivity contribution in [2.45, 2.75) is 32.9 Å². The molecule has 0 saturated carbocycles. The van der Waals surface area contributed by atoms with Gasteiger partial charge >= 0.3 is 0 Å². The number of carbonyl (C=O) groups is 1. The van der Waals surface area contributed by atoms with Crippen LogP contribution >= 0.6 is 11.6 Å². The lowest BCUT2D eigenvalue weighted by molar-refractivity contribution is -0.122. The number of nitrogens with zero attached hydrogens (tertiary/aromatic N) is 2. The third-order valence-corrected chi connectivity index (χ3v) is 6.37. The Labute approximate surface area is 208 Å². The molecule has 1 atom stereocenters. The number of benzene rings is 2. The van der Waals surface area contributed by atoms with Gasteiger partial charge in [-0.1, -0.05) is 35.9 Å². The number of hydrogen-bond donors (Lipinski definition) is 1. The lowest BCUT2D eigenvalue weighted by atomic mass is 9.83. The van der Waals surface area contributed by atoms with Gasteiger partial charge in [-0.25, -0.2) is 4.98 Å². The minimum absolute atomic E-state index is 0.00450. The molecule has 1 aromatic heterocycles. The molecule has 0 aliphatic heterocycles. The number of fused-ring (bicyclic) bond motifs is 1. The molecule has 0 bridgehead atoms. The Kier molecular flexibility index (Phi) is 7.12. The van der Waals surface area contributed by atoms with Gasteiger partial charge in [-0.15, -0.1) is 0 Å². The summed E-state index contributed by atoms with van der Waals surface area (Å²) in [5.74, 6) is 0.0609. The smallest absolute Gasteiger partial charge is 0.264 e. The van der Waals surface area contributed by atoms with Crippen LogP contribution in [0.1, 0.15) is 25.8 Å². The van der Waals surface area contributed by atoms with Crippen molar-refractivity contribution in [1.29, 1.82) is 0 Å². The van der Waals surface area contributed by atoms with E-state index in [1.807, 2.05) is 26.0 Å². The average Bonchev–Trinajstić information content (AvgIpc) is 2.73. The number of carbonyl (C=O) groups excluding carboxylic acids is 1. The van der Waals surface area contributed by atoms with Crippen LogP contribution in [-0.2, 0) is 25.6 Å². The molecule has 0 fully saturated rings. The average molecular weight is 516 g/mol. The Morgan fingerprint density at radius 2 is 1.97 bits per heavy atom. The minimum atomic E-state index is -3.49. The summed E-state index contributed by atoms with van der Waals surface area (Å²) in [4.78, 5) is 30.9. The molecule has 1 N–H and O–H groups in total. The second-order valence-corrected chi connectivity index (χ2v) is 11.0. The Bertz CT molecular complexity index is 1490. The largest absolute Gasteiger partial charge is 0.352 e. The van der Waals surface area contributed by atoms with Gasteiger partial charge in [0.15, 0.2) is 0 Å². The number of allylic oxidation sites excluding steroid dienone is 1. The Balaban J connectivity index is 1.74. The van der Waals surface area contributed by atoms with E-state index in [1.54, 1.807) is 36.4 Å². The molecule has 2 aromatic carbocycles. The molecule has 4 rings (SSSR count). The van der Waals surface area contributed by atoms with Crippen LogP contribution in [0.4, 0.5) is 0 Å². The van der Waals surface area contributed by atoms with E-state index in [0.717, 1.165) is 17.4 Å². The van der Waals surface area contributed by atoms with Crippen molar-refractivity contribution < 1.29 is 17.4 Å². The van der Waals surface area contributed by atoms with Crippen molar-refractivity contribution in [3.63, 3.8) is 0 Å². The molecule has 0 spiro atoms. The van der Waals surface area contributed by atoms with Crippen molar-refractivity contribution in [3.8, 4) is 11.4 Å². The normalized spacial score (nSPS) is 15.7. The van der Waals surface area contributed by atoms with Crippen LogP contribution < -0.4 is 10.9 Å². The van der Waals surface area contributed by atoms with Crippen molar-refractivity contribution >= 4 is 44.1 Å².